The van der Waals surface area contributed by atoms with Gasteiger partial charge in [-0.15, -0.1) is 0 Å². The Morgan fingerprint density at radius 2 is 1.13 bits per heavy atom. The van der Waals surface area contributed by atoms with Gasteiger partial charge in [0.15, 0.2) is 0 Å². The second-order valence-electron chi connectivity index (χ2n) is 2.06. The van der Waals surface area contributed by atoms with E-state index in [1.54, 1.807) is 0 Å². The first kappa shape index (κ1) is 17.4. The van der Waals surface area contributed by atoms with Gasteiger partial charge in [0.05, 0.1) is 0 Å². The molecule has 0 aliphatic carbocycles. The van der Waals surface area contributed by atoms with Gasteiger partial charge in [-0.2, -0.15) is 39.2 Å². The van der Waals surface area contributed by atoms with Crippen LogP contribution in [0.5, 0.6) is 0 Å². The first-order valence-corrected chi connectivity index (χ1v) is 3.98. The number of halogens is 7. The van der Waals surface area contributed by atoms with Crippen molar-refractivity contribution in [2.24, 2.45) is 0 Å². The third-order valence-electron chi connectivity index (χ3n) is 1.05. The Bertz CT molecular complexity index is 319. The first-order chi connectivity index (χ1) is 5.75. The molecular formula is C3H2F7LiO3S. The van der Waals surface area contributed by atoms with Gasteiger partial charge in [0.2, 0.25) is 0 Å². The van der Waals surface area contributed by atoms with Crippen molar-refractivity contribution in [2.45, 2.75) is 17.4 Å². The van der Waals surface area contributed by atoms with E-state index >= 15 is 0 Å². The summed E-state index contributed by atoms with van der Waals surface area (Å²) in [5, 5.41) is -6.61. The quantitative estimate of drug-likeness (QED) is 0.457. The minimum atomic E-state index is -6.85. The van der Waals surface area contributed by atoms with Crippen molar-refractivity contribution in [1.82, 2.24) is 0 Å². The second kappa shape index (κ2) is 4.12. The molecule has 3 nitrogen and oxygen atoms in total. The molecule has 0 bridgehead atoms. The fraction of sp³-hybridized carbons (Fsp3) is 1.00. The molecule has 1 N–H and O–H groups in total. The summed E-state index contributed by atoms with van der Waals surface area (Å²) in [5.74, 6) is -6.85. The van der Waals surface area contributed by atoms with E-state index in [0.29, 0.717) is 0 Å². The molecule has 0 atom stereocenters. The Hall–Kier alpha value is 0.0174. The Balaban J connectivity index is 0. The van der Waals surface area contributed by atoms with Crippen LogP contribution in [0.25, 0.3) is 0 Å². The maximum absolute atomic E-state index is 11.9. The van der Waals surface area contributed by atoms with Crippen LogP contribution >= 0.6 is 0 Å². The van der Waals surface area contributed by atoms with E-state index in [0.717, 1.165) is 0 Å². The molecule has 15 heavy (non-hydrogen) atoms. The molecule has 0 aromatic heterocycles. The van der Waals surface area contributed by atoms with Crippen LogP contribution in [0.2, 0.25) is 0 Å². The van der Waals surface area contributed by atoms with E-state index in [2.05, 4.69) is 0 Å². The van der Waals surface area contributed by atoms with Gasteiger partial charge >= 0.3 is 46.3 Å². The molecule has 0 spiro atoms. The predicted molar refractivity (Wildman–Crippen MR) is 34.6 cm³/mol. The van der Waals surface area contributed by atoms with Crippen LogP contribution in [0.3, 0.4) is 0 Å². The summed E-state index contributed by atoms with van der Waals surface area (Å²) in [5.41, 5.74) is 0. The second-order valence-corrected chi connectivity index (χ2v) is 3.53. The summed E-state index contributed by atoms with van der Waals surface area (Å²) >= 11 is 0. The van der Waals surface area contributed by atoms with Crippen LogP contribution in [-0.4, -0.2) is 49.2 Å². The van der Waals surface area contributed by atoms with E-state index in [1.807, 2.05) is 0 Å². The van der Waals surface area contributed by atoms with Crippen LogP contribution in [-0.2, 0) is 10.1 Å². The van der Waals surface area contributed by atoms with Gasteiger partial charge in [0.1, 0.15) is 0 Å². The molecule has 0 fully saturated rings. The van der Waals surface area contributed by atoms with Crippen LogP contribution in [0.4, 0.5) is 30.7 Å². The maximum atomic E-state index is 11.9. The topological polar surface area (TPSA) is 54.4 Å². The van der Waals surface area contributed by atoms with Gasteiger partial charge in [0, 0.05) is 0 Å². The zero-order chi connectivity index (χ0) is 12.0. The van der Waals surface area contributed by atoms with Gasteiger partial charge in [-0.25, -0.2) is 0 Å². The Labute approximate surface area is 90.6 Å². The van der Waals surface area contributed by atoms with Crippen molar-refractivity contribution in [3.63, 3.8) is 0 Å². The number of hydrogen-bond donors (Lipinski definition) is 1. The molecule has 0 aromatic carbocycles. The molecule has 0 unspecified atom stereocenters. The van der Waals surface area contributed by atoms with E-state index in [9.17, 15) is 39.2 Å². The van der Waals surface area contributed by atoms with Gasteiger partial charge in [-0.3, -0.25) is 4.55 Å². The zero-order valence-electron chi connectivity index (χ0n) is 5.82. The molecular weight excluding hydrogens is 256 g/mol. The standard InChI is InChI=1S/C3HF7O3S.Li.H/c4-1(5,2(6,7)8)3(9,10)14(11,12)13;;/h(H,11,12,13);;. The average molecular weight is 258 g/mol. The van der Waals surface area contributed by atoms with Crippen molar-refractivity contribution in [2.75, 3.05) is 0 Å². The van der Waals surface area contributed by atoms with Crippen LogP contribution < -0.4 is 0 Å². The molecule has 0 heterocycles. The van der Waals surface area contributed by atoms with Gasteiger partial charge in [-0.05, 0) is 0 Å². The van der Waals surface area contributed by atoms with Crippen molar-refractivity contribution < 1.29 is 43.7 Å². The molecule has 0 amide bonds. The molecule has 0 radical (unpaired) electrons. The molecule has 0 aromatic rings. The summed E-state index contributed by atoms with van der Waals surface area (Å²) in [6, 6.07) is 0. The molecule has 88 valence electrons. The van der Waals surface area contributed by atoms with Gasteiger partial charge in [0.25, 0.3) is 0 Å². The molecule has 0 aliphatic rings. The van der Waals surface area contributed by atoms with E-state index < -0.39 is 27.5 Å². The summed E-state index contributed by atoms with van der Waals surface area (Å²) < 4.78 is 108. The molecule has 0 saturated heterocycles. The van der Waals surface area contributed by atoms with Crippen LogP contribution in [0, 0.1) is 0 Å². The third-order valence-corrected chi connectivity index (χ3v) is 1.95. The summed E-state index contributed by atoms with van der Waals surface area (Å²) in [6.07, 6.45) is -6.79. The van der Waals surface area contributed by atoms with Crippen LogP contribution in [0.1, 0.15) is 0 Å². The Morgan fingerprint density at radius 1 is 0.867 bits per heavy atom. The van der Waals surface area contributed by atoms with Crippen molar-refractivity contribution in [1.29, 1.82) is 0 Å². The average Bonchev–Trinajstić information content (AvgIpc) is 1.81. The van der Waals surface area contributed by atoms with E-state index in [4.69, 9.17) is 4.55 Å². The monoisotopic (exact) mass is 258 g/mol. The fourth-order valence-electron chi connectivity index (χ4n) is 0.327. The molecule has 0 saturated carbocycles. The molecule has 12 heteroatoms. The molecule has 0 rings (SSSR count). The number of rotatable bonds is 2. The Kier molecular flexibility index (Phi) is 4.78. The Morgan fingerprint density at radius 3 is 1.20 bits per heavy atom. The normalized spacial score (nSPS) is 14.7. The third kappa shape index (κ3) is 2.77. The molecule has 0 aliphatic heterocycles. The van der Waals surface area contributed by atoms with Gasteiger partial charge < -0.3 is 0 Å². The van der Waals surface area contributed by atoms with E-state index in [-0.39, 0.29) is 18.9 Å². The summed E-state index contributed by atoms with van der Waals surface area (Å²) in [7, 11) is -6.85. The fourth-order valence-corrected chi connectivity index (χ4v) is 0.767. The summed E-state index contributed by atoms with van der Waals surface area (Å²) in [4.78, 5) is 0. The number of hydrogen-bond acceptors (Lipinski definition) is 2. The predicted octanol–water partition coefficient (Wildman–Crippen LogP) is 1.02. The summed E-state index contributed by atoms with van der Waals surface area (Å²) in [6.45, 7) is 0. The van der Waals surface area contributed by atoms with E-state index in [1.165, 1.54) is 0 Å². The SMILES string of the molecule is O=S(=O)(O)C(F)(F)C(F)(F)C(F)(F)F.[LiH]. The van der Waals surface area contributed by atoms with Crippen molar-refractivity contribution in [3.05, 3.63) is 0 Å². The van der Waals surface area contributed by atoms with Gasteiger partial charge in [-0.1, -0.05) is 0 Å². The van der Waals surface area contributed by atoms with Crippen molar-refractivity contribution >= 4 is 29.0 Å². The minimum absolute atomic E-state index is 0. The zero-order valence-corrected chi connectivity index (χ0v) is 6.63. The van der Waals surface area contributed by atoms with Crippen molar-refractivity contribution in [3.8, 4) is 0 Å². The van der Waals surface area contributed by atoms with Crippen LogP contribution in [0.15, 0.2) is 0 Å². The number of alkyl halides is 7. The first-order valence-electron chi connectivity index (χ1n) is 2.54.